The topological polar surface area (TPSA) is 84.5 Å². The number of carboxylic acids is 1. The summed E-state index contributed by atoms with van der Waals surface area (Å²) in [6.07, 6.45) is 4.12. The van der Waals surface area contributed by atoms with Gasteiger partial charge in [0.15, 0.2) is 5.58 Å². The summed E-state index contributed by atoms with van der Waals surface area (Å²) in [7, 11) is 1.63. The third-order valence-electron chi connectivity index (χ3n) is 4.29. The minimum absolute atomic E-state index is 0.423. The Morgan fingerprint density at radius 3 is 2.71 bits per heavy atom. The summed E-state index contributed by atoms with van der Waals surface area (Å²) in [5, 5.41) is 12.8. The fourth-order valence-electron chi connectivity index (χ4n) is 3.03. The molecule has 6 nitrogen and oxygen atoms in total. The van der Waals surface area contributed by atoms with E-state index in [1.807, 2.05) is 0 Å². The number of oxazole rings is 1. The van der Waals surface area contributed by atoms with E-state index in [1.165, 1.54) is 4.57 Å². The first-order valence-corrected chi connectivity index (χ1v) is 7.13. The van der Waals surface area contributed by atoms with Gasteiger partial charge < -0.3 is 14.8 Å². The van der Waals surface area contributed by atoms with Crippen LogP contribution in [-0.4, -0.2) is 21.2 Å². The van der Waals surface area contributed by atoms with Gasteiger partial charge in [-0.15, -0.1) is 0 Å². The number of aromatic nitrogens is 1. The molecule has 1 aliphatic rings. The zero-order chi connectivity index (χ0) is 15.0. The molecule has 0 atom stereocenters. The molecule has 1 fully saturated rings. The zero-order valence-corrected chi connectivity index (χ0v) is 11.9. The minimum Gasteiger partial charge on any atom is -0.480 e. The van der Waals surface area contributed by atoms with Crippen molar-refractivity contribution in [3.8, 4) is 0 Å². The highest BCUT2D eigenvalue weighted by Crippen LogP contribution is 2.32. The van der Waals surface area contributed by atoms with Gasteiger partial charge in [-0.3, -0.25) is 4.57 Å². The van der Waals surface area contributed by atoms with Crippen LogP contribution >= 0.6 is 0 Å². The van der Waals surface area contributed by atoms with Gasteiger partial charge >= 0.3 is 11.7 Å². The maximum atomic E-state index is 11.7. The van der Waals surface area contributed by atoms with E-state index >= 15 is 0 Å². The predicted octanol–water partition coefficient (Wildman–Crippen LogP) is 2.33. The molecule has 6 heteroatoms. The maximum Gasteiger partial charge on any atom is 0.419 e. The quantitative estimate of drug-likeness (QED) is 0.906. The lowest BCUT2D eigenvalue weighted by atomic mass is 9.81. The molecule has 2 aromatic rings. The molecule has 0 aliphatic heterocycles. The molecule has 0 amide bonds. The molecule has 1 aliphatic carbocycles. The fourth-order valence-corrected chi connectivity index (χ4v) is 3.03. The Morgan fingerprint density at radius 1 is 1.33 bits per heavy atom. The van der Waals surface area contributed by atoms with E-state index in [0.29, 0.717) is 29.6 Å². The lowest BCUT2D eigenvalue weighted by molar-refractivity contribution is -0.143. The van der Waals surface area contributed by atoms with E-state index in [4.69, 9.17) is 4.42 Å². The SMILES string of the molecule is Cn1c(=O)oc2ccc(NC3(C(=O)O)CCCCC3)cc21. The summed E-state index contributed by atoms with van der Waals surface area (Å²) < 4.78 is 6.49. The van der Waals surface area contributed by atoms with Gasteiger partial charge in [-0.2, -0.15) is 0 Å². The van der Waals surface area contributed by atoms with E-state index in [1.54, 1.807) is 25.2 Å². The molecule has 1 aromatic heterocycles. The van der Waals surface area contributed by atoms with Crippen LogP contribution in [-0.2, 0) is 11.8 Å². The van der Waals surface area contributed by atoms with E-state index in [2.05, 4.69) is 5.32 Å². The van der Waals surface area contributed by atoms with Gasteiger partial charge in [0.2, 0.25) is 0 Å². The standard InChI is InChI=1S/C15H18N2O4/c1-17-11-9-10(5-6-12(11)21-14(17)20)16-15(13(18)19)7-3-2-4-8-15/h5-6,9,16H,2-4,7-8H2,1H3,(H,18,19). The smallest absolute Gasteiger partial charge is 0.419 e. The molecule has 112 valence electrons. The van der Waals surface area contributed by atoms with Gasteiger partial charge in [0, 0.05) is 12.7 Å². The Kier molecular flexibility index (Phi) is 3.23. The largest absolute Gasteiger partial charge is 0.480 e. The molecule has 0 unspecified atom stereocenters. The number of carbonyl (C=O) groups is 1. The first kappa shape index (κ1) is 13.7. The third-order valence-corrected chi connectivity index (χ3v) is 4.29. The van der Waals surface area contributed by atoms with Crippen LogP contribution in [0.25, 0.3) is 11.1 Å². The van der Waals surface area contributed by atoms with Crippen LogP contribution in [0.3, 0.4) is 0 Å². The van der Waals surface area contributed by atoms with Gasteiger partial charge in [0.05, 0.1) is 5.52 Å². The Morgan fingerprint density at radius 2 is 2.05 bits per heavy atom. The van der Waals surface area contributed by atoms with Crippen LogP contribution in [0.2, 0.25) is 0 Å². The summed E-state index contributed by atoms with van der Waals surface area (Å²) >= 11 is 0. The highest BCUT2D eigenvalue weighted by atomic mass is 16.4. The zero-order valence-electron chi connectivity index (χ0n) is 11.9. The van der Waals surface area contributed by atoms with Crippen molar-refractivity contribution >= 4 is 22.8 Å². The second kappa shape index (κ2) is 4.95. The van der Waals surface area contributed by atoms with Crippen LogP contribution in [0.5, 0.6) is 0 Å². The van der Waals surface area contributed by atoms with Crippen molar-refractivity contribution in [2.45, 2.75) is 37.6 Å². The fraction of sp³-hybridized carbons (Fsp3) is 0.467. The summed E-state index contributed by atoms with van der Waals surface area (Å²) in [6.45, 7) is 0. The van der Waals surface area contributed by atoms with Gasteiger partial charge in [0.1, 0.15) is 5.54 Å². The third kappa shape index (κ3) is 2.30. The number of nitrogens with zero attached hydrogens (tertiary/aromatic N) is 1. The van der Waals surface area contributed by atoms with Crippen molar-refractivity contribution in [1.82, 2.24) is 4.57 Å². The predicted molar refractivity (Wildman–Crippen MR) is 78.5 cm³/mol. The number of fused-ring (bicyclic) bond motifs is 1. The number of anilines is 1. The van der Waals surface area contributed by atoms with Gasteiger partial charge in [-0.25, -0.2) is 9.59 Å². The van der Waals surface area contributed by atoms with E-state index in [0.717, 1.165) is 19.3 Å². The maximum absolute atomic E-state index is 11.7. The molecule has 21 heavy (non-hydrogen) atoms. The molecule has 1 saturated carbocycles. The summed E-state index contributed by atoms with van der Waals surface area (Å²) in [4.78, 5) is 23.2. The van der Waals surface area contributed by atoms with Crippen molar-refractivity contribution in [1.29, 1.82) is 0 Å². The van der Waals surface area contributed by atoms with Crippen LogP contribution in [0.15, 0.2) is 27.4 Å². The van der Waals surface area contributed by atoms with Crippen molar-refractivity contribution in [3.05, 3.63) is 28.7 Å². The van der Waals surface area contributed by atoms with Gasteiger partial charge in [-0.05, 0) is 31.0 Å². The van der Waals surface area contributed by atoms with Crippen molar-refractivity contribution in [3.63, 3.8) is 0 Å². The summed E-state index contributed by atoms with van der Waals surface area (Å²) in [5.74, 6) is -1.24. The first-order chi connectivity index (χ1) is 10.0. The average Bonchev–Trinajstić information content (AvgIpc) is 2.75. The first-order valence-electron chi connectivity index (χ1n) is 7.13. The summed E-state index contributed by atoms with van der Waals surface area (Å²) in [5.41, 5.74) is 0.944. The second-order valence-electron chi connectivity index (χ2n) is 5.68. The second-order valence-corrected chi connectivity index (χ2v) is 5.68. The Bertz CT molecular complexity index is 738. The van der Waals surface area contributed by atoms with Crippen LogP contribution in [0, 0.1) is 0 Å². The van der Waals surface area contributed by atoms with Crippen LogP contribution in [0.4, 0.5) is 5.69 Å². The van der Waals surface area contributed by atoms with E-state index in [-0.39, 0.29) is 0 Å². The Labute approximate surface area is 121 Å². The van der Waals surface area contributed by atoms with E-state index < -0.39 is 17.3 Å². The number of aliphatic carboxylic acids is 1. The molecule has 2 N–H and O–H groups in total. The lowest BCUT2D eigenvalue weighted by Gasteiger charge is -2.34. The number of benzene rings is 1. The van der Waals surface area contributed by atoms with Crippen LogP contribution in [0.1, 0.15) is 32.1 Å². The average molecular weight is 290 g/mol. The monoisotopic (exact) mass is 290 g/mol. The molecule has 3 rings (SSSR count). The molecular formula is C15H18N2O4. The number of hydrogen-bond donors (Lipinski definition) is 2. The van der Waals surface area contributed by atoms with E-state index in [9.17, 15) is 14.7 Å². The molecule has 0 saturated heterocycles. The highest BCUT2D eigenvalue weighted by molar-refractivity contribution is 5.85. The molecule has 0 radical (unpaired) electrons. The molecule has 0 bridgehead atoms. The number of hydrogen-bond acceptors (Lipinski definition) is 4. The number of rotatable bonds is 3. The summed E-state index contributed by atoms with van der Waals surface area (Å²) in [6, 6.07) is 5.21. The number of aryl methyl sites for hydroxylation is 1. The molecule has 0 spiro atoms. The van der Waals surface area contributed by atoms with Gasteiger partial charge in [-0.1, -0.05) is 19.3 Å². The number of nitrogens with one attached hydrogen (secondary N) is 1. The van der Waals surface area contributed by atoms with Crippen molar-refractivity contribution in [2.75, 3.05) is 5.32 Å². The Hall–Kier alpha value is -2.24. The van der Waals surface area contributed by atoms with Crippen LogP contribution < -0.4 is 11.1 Å². The van der Waals surface area contributed by atoms with Gasteiger partial charge in [0.25, 0.3) is 0 Å². The molecule has 1 heterocycles. The minimum atomic E-state index is -0.908. The molecular weight excluding hydrogens is 272 g/mol. The lowest BCUT2D eigenvalue weighted by Crippen LogP contribution is -2.47. The number of carboxylic acid groups (broad SMARTS) is 1. The van der Waals surface area contributed by atoms with Crippen molar-refractivity contribution in [2.24, 2.45) is 7.05 Å². The Balaban J connectivity index is 1.98. The molecule has 1 aromatic carbocycles. The normalized spacial score (nSPS) is 17.8. The van der Waals surface area contributed by atoms with Crippen molar-refractivity contribution < 1.29 is 14.3 Å². The highest BCUT2D eigenvalue weighted by Gasteiger charge is 2.39.